The maximum absolute atomic E-state index is 12.9. The van der Waals surface area contributed by atoms with Gasteiger partial charge in [0.05, 0.1) is 18.1 Å². The zero-order valence-corrected chi connectivity index (χ0v) is 12.0. The molecule has 1 aliphatic heterocycles. The molecule has 0 bridgehead atoms. The van der Waals surface area contributed by atoms with Gasteiger partial charge in [-0.3, -0.25) is 4.90 Å². The molecule has 0 radical (unpaired) electrons. The van der Waals surface area contributed by atoms with Gasteiger partial charge in [-0.2, -0.15) is 18.4 Å². The summed E-state index contributed by atoms with van der Waals surface area (Å²) in [7, 11) is 0. The van der Waals surface area contributed by atoms with E-state index < -0.39 is 11.7 Å². The van der Waals surface area contributed by atoms with E-state index >= 15 is 0 Å². The maximum atomic E-state index is 12.9. The third-order valence-corrected chi connectivity index (χ3v) is 3.73. The van der Waals surface area contributed by atoms with E-state index in [0.717, 1.165) is 25.2 Å². The summed E-state index contributed by atoms with van der Waals surface area (Å²) in [5.41, 5.74) is -0.332. The summed E-state index contributed by atoms with van der Waals surface area (Å²) in [6.45, 7) is 2.91. The number of alkyl halides is 3. The summed E-state index contributed by atoms with van der Waals surface area (Å²) in [5, 5.41) is 12.2. The first-order valence-electron chi connectivity index (χ1n) is 6.61. The van der Waals surface area contributed by atoms with Crippen molar-refractivity contribution in [2.45, 2.75) is 18.6 Å². The number of benzene rings is 1. The van der Waals surface area contributed by atoms with Gasteiger partial charge in [0.2, 0.25) is 0 Å². The van der Waals surface area contributed by atoms with E-state index in [9.17, 15) is 13.2 Å². The number of hydrogen-bond donors (Lipinski definition) is 1. The molecular weight excluding hydrogens is 303 g/mol. The quantitative estimate of drug-likeness (QED) is 0.930. The highest BCUT2D eigenvalue weighted by Crippen LogP contribution is 2.35. The fourth-order valence-corrected chi connectivity index (χ4v) is 2.75. The van der Waals surface area contributed by atoms with Gasteiger partial charge in [-0.05, 0) is 23.8 Å². The van der Waals surface area contributed by atoms with E-state index in [2.05, 4.69) is 11.4 Å². The van der Waals surface area contributed by atoms with E-state index in [4.69, 9.17) is 16.9 Å². The van der Waals surface area contributed by atoms with E-state index in [1.165, 1.54) is 6.07 Å². The number of hydrogen-bond acceptors (Lipinski definition) is 3. The topological polar surface area (TPSA) is 39.1 Å². The van der Waals surface area contributed by atoms with Crippen molar-refractivity contribution in [2.75, 3.05) is 26.2 Å². The first-order valence-corrected chi connectivity index (χ1v) is 6.99. The Morgan fingerprint density at radius 3 is 2.52 bits per heavy atom. The highest BCUT2D eigenvalue weighted by atomic mass is 35.5. The third-order valence-electron chi connectivity index (χ3n) is 3.51. The molecule has 1 aromatic rings. The average molecular weight is 318 g/mol. The normalized spacial score (nSPS) is 18.2. The molecule has 1 aromatic carbocycles. The molecule has 21 heavy (non-hydrogen) atoms. The van der Waals surface area contributed by atoms with Crippen LogP contribution in [-0.4, -0.2) is 31.1 Å². The average Bonchev–Trinajstić information content (AvgIpc) is 2.44. The first kappa shape index (κ1) is 16.1. The van der Waals surface area contributed by atoms with Crippen molar-refractivity contribution >= 4 is 11.6 Å². The second-order valence-corrected chi connectivity index (χ2v) is 5.37. The zero-order valence-electron chi connectivity index (χ0n) is 11.3. The molecule has 114 valence electrons. The minimum atomic E-state index is -4.44. The van der Waals surface area contributed by atoms with Crippen LogP contribution in [0.1, 0.15) is 23.6 Å². The molecule has 1 saturated heterocycles. The van der Waals surface area contributed by atoms with E-state index in [-0.39, 0.29) is 17.5 Å². The number of nitrogens with zero attached hydrogens (tertiary/aromatic N) is 2. The minimum Gasteiger partial charge on any atom is -0.314 e. The number of piperazine rings is 1. The summed E-state index contributed by atoms with van der Waals surface area (Å²) >= 11 is 5.83. The van der Waals surface area contributed by atoms with Gasteiger partial charge >= 0.3 is 6.18 Å². The fourth-order valence-electron chi connectivity index (χ4n) is 2.51. The third kappa shape index (κ3) is 4.10. The SMILES string of the molecule is N#CC[C@@H](c1cc(Cl)cc(C(F)(F)F)c1)N1CCNCC1. The summed E-state index contributed by atoms with van der Waals surface area (Å²) in [6.07, 6.45) is -4.31. The van der Waals surface area contributed by atoms with E-state index in [1.807, 2.05) is 4.90 Å². The van der Waals surface area contributed by atoms with Crippen LogP contribution < -0.4 is 5.32 Å². The lowest BCUT2D eigenvalue weighted by molar-refractivity contribution is -0.137. The van der Waals surface area contributed by atoms with Gasteiger partial charge in [-0.15, -0.1) is 0 Å². The van der Waals surface area contributed by atoms with Gasteiger partial charge in [0.25, 0.3) is 0 Å². The Hall–Kier alpha value is -1.29. The van der Waals surface area contributed by atoms with Crippen molar-refractivity contribution in [1.82, 2.24) is 10.2 Å². The number of rotatable bonds is 3. The van der Waals surface area contributed by atoms with Crippen LogP contribution in [0.2, 0.25) is 5.02 Å². The summed E-state index contributed by atoms with van der Waals surface area (Å²) in [5.74, 6) is 0. The van der Waals surface area contributed by atoms with E-state index in [1.54, 1.807) is 0 Å². The Morgan fingerprint density at radius 2 is 1.95 bits per heavy atom. The molecule has 3 nitrogen and oxygen atoms in total. The van der Waals surface area contributed by atoms with Crippen LogP contribution in [0, 0.1) is 11.3 Å². The van der Waals surface area contributed by atoms with E-state index in [0.29, 0.717) is 18.7 Å². The molecular formula is C14H15ClF3N3. The van der Waals surface area contributed by atoms with Crippen LogP contribution in [-0.2, 0) is 6.18 Å². The lowest BCUT2D eigenvalue weighted by atomic mass is 9.99. The van der Waals surface area contributed by atoms with Gasteiger partial charge in [-0.1, -0.05) is 11.6 Å². The molecule has 1 aliphatic rings. The highest BCUT2D eigenvalue weighted by molar-refractivity contribution is 6.30. The van der Waals surface area contributed by atoms with Gasteiger partial charge in [0, 0.05) is 37.2 Å². The number of halogens is 4. The van der Waals surface area contributed by atoms with Gasteiger partial charge in [-0.25, -0.2) is 0 Å². The standard InChI is InChI=1S/C14H15ClF3N3/c15-12-8-10(7-11(9-12)14(16,17)18)13(1-2-19)21-5-3-20-4-6-21/h7-9,13,20H,1,3-6H2/t13-/m0/s1. The second kappa shape index (κ2) is 6.65. The Kier molecular flexibility index (Phi) is 5.09. The molecule has 7 heteroatoms. The zero-order chi connectivity index (χ0) is 15.5. The molecule has 0 aliphatic carbocycles. The van der Waals surface area contributed by atoms with Gasteiger partial charge < -0.3 is 5.32 Å². The number of nitriles is 1. The Morgan fingerprint density at radius 1 is 1.29 bits per heavy atom. The molecule has 0 saturated carbocycles. The lowest BCUT2D eigenvalue weighted by Gasteiger charge is -2.34. The summed E-state index contributed by atoms with van der Waals surface area (Å²) in [6, 6.07) is 5.21. The molecule has 1 fully saturated rings. The molecule has 1 N–H and O–H groups in total. The Balaban J connectivity index is 2.35. The van der Waals surface area contributed by atoms with Crippen LogP contribution in [0.25, 0.3) is 0 Å². The smallest absolute Gasteiger partial charge is 0.314 e. The molecule has 0 aromatic heterocycles. The van der Waals surface area contributed by atoms with Crippen LogP contribution >= 0.6 is 11.6 Å². The Bertz CT molecular complexity index is 533. The van der Waals surface area contributed by atoms with Crippen LogP contribution in [0.15, 0.2) is 18.2 Å². The van der Waals surface area contributed by atoms with Crippen molar-refractivity contribution in [2.24, 2.45) is 0 Å². The molecule has 0 spiro atoms. The lowest BCUT2D eigenvalue weighted by Crippen LogP contribution is -2.45. The summed E-state index contributed by atoms with van der Waals surface area (Å²) in [4.78, 5) is 2.02. The highest BCUT2D eigenvalue weighted by Gasteiger charge is 2.32. The maximum Gasteiger partial charge on any atom is 0.416 e. The molecule has 1 atom stereocenters. The number of nitrogens with one attached hydrogen (secondary N) is 1. The fraction of sp³-hybridized carbons (Fsp3) is 0.500. The van der Waals surface area contributed by atoms with Crippen LogP contribution in [0.4, 0.5) is 13.2 Å². The van der Waals surface area contributed by atoms with Crippen molar-refractivity contribution in [3.8, 4) is 6.07 Å². The van der Waals surface area contributed by atoms with Crippen molar-refractivity contribution in [3.63, 3.8) is 0 Å². The monoisotopic (exact) mass is 317 g/mol. The predicted molar refractivity (Wildman–Crippen MR) is 73.9 cm³/mol. The largest absolute Gasteiger partial charge is 0.416 e. The molecule has 0 amide bonds. The van der Waals surface area contributed by atoms with Crippen molar-refractivity contribution < 1.29 is 13.2 Å². The first-order chi connectivity index (χ1) is 9.91. The molecule has 0 unspecified atom stereocenters. The Labute approximate surface area is 126 Å². The van der Waals surface area contributed by atoms with Crippen LogP contribution in [0.5, 0.6) is 0 Å². The van der Waals surface area contributed by atoms with Crippen molar-refractivity contribution in [3.05, 3.63) is 34.3 Å². The van der Waals surface area contributed by atoms with Gasteiger partial charge in [0.1, 0.15) is 0 Å². The molecule has 1 heterocycles. The minimum absolute atomic E-state index is 0.0397. The predicted octanol–water partition coefficient (Wildman–Crippen LogP) is 3.22. The second-order valence-electron chi connectivity index (χ2n) is 4.94. The van der Waals surface area contributed by atoms with Crippen molar-refractivity contribution in [1.29, 1.82) is 5.26 Å². The summed E-state index contributed by atoms with van der Waals surface area (Å²) < 4.78 is 38.7. The van der Waals surface area contributed by atoms with Crippen LogP contribution in [0.3, 0.4) is 0 Å². The van der Waals surface area contributed by atoms with Gasteiger partial charge in [0.15, 0.2) is 0 Å². The molecule has 2 rings (SSSR count).